The summed E-state index contributed by atoms with van der Waals surface area (Å²) in [7, 11) is 0. The van der Waals surface area contributed by atoms with Crippen LogP contribution in [0.3, 0.4) is 0 Å². The summed E-state index contributed by atoms with van der Waals surface area (Å²) >= 11 is 2.01. The smallest absolute Gasteiger partial charge is 0.293 e. The van der Waals surface area contributed by atoms with Crippen molar-refractivity contribution in [2.45, 2.75) is 30.9 Å². The maximum absolute atomic E-state index is 10.9. The van der Waals surface area contributed by atoms with Crippen molar-refractivity contribution in [2.75, 3.05) is 18.5 Å². The normalized spacial score (nSPS) is 23.6. The Balaban J connectivity index is 2.11. The van der Waals surface area contributed by atoms with Crippen molar-refractivity contribution in [2.24, 2.45) is 5.84 Å². The highest BCUT2D eigenvalue weighted by molar-refractivity contribution is 8.00. The predicted octanol–water partition coefficient (Wildman–Crippen LogP) is 2.21. The number of rotatable bonds is 4. The molecule has 1 aromatic rings. The van der Waals surface area contributed by atoms with Crippen molar-refractivity contribution in [3.05, 3.63) is 33.9 Å². The minimum Gasteiger partial charge on any atom is -0.318 e. The molecular formula is C13H20N4O2S. The number of nitro groups is 1. The van der Waals surface area contributed by atoms with Crippen LogP contribution in [-0.2, 0) is 6.54 Å². The first kappa shape index (κ1) is 15.1. The molecule has 6 nitrogen and oxygen atoms in total. The Bertz CT molecular complexity index is 487. The average Bonchev–Trinajstić information content (AvgIpc) is 2.37. The minimum absolute atomic E-state index is 0.00665. The number of nitrogens with one attached hydrogen (secondary N) is 1. The fourth-order valence-electron chi connectivity index (χ4n) is 2.63. The van der Waals surface area contributed by atoms with E-state index < -0.39 is 4.92 Å². The molecule has 1 heterocycles. The summed E-state index contributed by atoms with van der Waals surface area (Å²) in [6.07, 6.45) is 0. The largest absolute Gasteiger partial charge is 0.318 e. The van der Waals surface area contributed by atoms with Crippen LogP contribution in [0.15, 0.2) is 18.2 Å². The lowest BCUT2D eigenvalue weighted by atomic mass is 10.1. The number of thioether (sulfide) groups is 1. The molecule has 2 atom stereocenters. The molecule has 2 rings (SSSR count). The van der Waals surface area contributed by atoms with E-state index >= 15 is 0 Å². The first-order valence-electron chi connectivity index (χ1n) is 6.61. The van der Waals surface area contributed by atoms with Gasteiger partial charge in [0.25, 0.3) is 5.69 Å². The summed E-state index contributed by atoms with van der Waals surface area (Å²) < 4.78 is 0. The topological polar surface area (TPSA) is 84.4 Å². The SMILES string of the molecule is CC1CN(Cc2ccc([N+](=O)[O-])c(NN)c2)CC(C)S1. The summed E-state index contributed by atoms with van der Waals surface area (Å²) in [6, 6.07) is 5.07. The molecule has 20 heavy (non-hydrogen) atoms. The monoisotopic (exact) mass is 296 g/mol. The van der Waals surface area contributed by atoms with Gasteiger partial charge in [-0.3, -0.25) is 20.9 Å². The van der Waals surface area contributed by atoms with E-state index in [0.29, 0.717) is 16.2 Å². The van der Waals surface area contributed by atoms with Gasteiger partial charge in [0.05, 0.1) is 4.92 Å². The lowest BCUT2D eigenvalue weighted by Gasteiger charge is -2.34. The Kier molecular flexibility index (Phi) is 4.85. The molecule has 1 aromatic carbocycles. The highest BCUT2D eigenvalue weighted by atomic mass is 32.2. The Hall–Kier alpha value is -1.31. The molecule has 2 unspecified atom stereocenters. The van der Waals surface area contributed by atoms with Gasteiger partial charge in [-0.25, -0.2) is 0 Å². The first-order valence-corrected chi connectivity index (χ1v) is 7.55. The molecule has 110 valence electrons. The quantitative estimate of drug-likeness (QED) is 0.503. The van der Waals surface area contributed by atoms with E-state index in [-0.39, 0.29) is 5.69 Å². The second kappa shape index (κ2) is 6.43. The van der Waals surface area contributed by atoms with Gasteiger partial charge in [0.15, 0.2) is 0 Å². The molecule has 0 spiro atoms. The molecular weight excluding hydrogens is 276 g/mol. The second-order valence-electron chi connectivity index (χ2n) is 5.20. The van der Waals surface area contributed by atoms with Gasteiger partial charge in [-0.15, -0.1) is 0 Å². The first-order chi connectivity index (χ1) is 9.49. The molecule has 3 N–H and O–H groups in total. The molecule has 0 amide bonds. The van der Waals surface area contributed by atoms with Gasteiger partial charge in [0.2, 0.25) is 0 Å². The van der Waals surface area contributed by atoms with Crippen molar-refractivity contribution in [1.29, 1.82) is 0 Å². The number of nitrogens with zero attached hydrogens (tertiary/aromatic N) is 2. The van der Waals surface area contributed by atoms with E-state index in [2.05, 4.69) is 24.2 Å². The molecule has 1 fully saturated rings. The van der Waals surface area contributed by atoms with Gasteiger partial charge in [-0.05, 0) is 11.6 Å². The number of nitrogens with two attached hydrogens (primary N) is 1. The lowest BCUT2D eigenvalue weighted by molar-refractivity contribution is -0.384. The van der Waals surface area contributed by atoms with Crippen LogP contribution in [0.5, 0.6) is 0 Å². The predicted molar refractivity (Wildman–Crippen MR) is 82.7 cm³/mol. The van der Waals surface area contributed by atoms with Crippen LogP contribution in [0.4, 0.5) is 11.4 Å². The van der Waals surface area contributed by atoms with Crippen molar-refractivity contribution in [3.8, 4) is 0 Å². The summed E-state index contributed by atoms with van der Waals surface area (Å²) in [5.74, 6) is 5.36. The van der Waals surface area contributed by atoms with Gasteiger partial charge in [0, 0.05) is 36.2 Å². The maximum atomic E-state index is 10.9. The van der Waals surface area contributed by atoms with Crippen LogP contribution in [0.2, 0.25) is 0 Å². The Labute approximate surface area is 122 Å². The second-order valence-corrected chi connectivity index (χ2v) is 7.09. The number of nitro benzene ring substituents is 1. The number of anilines is 1. The number of nitrogen functional groups attached to an aromatic ring is 1. The fourth-order valence-corrected chi connectivity index (χ4v) is 4.01. The third-order valence-corrected chi connectivity index (χ3v) is 4.54. The van der Waals surface area contributed by atoms with Crippen LogP contribution in [0, 0.1) is 10.1 Å². The standard InChI is InChI=1S/C13H20N4O2S/c1-9-6-16(7-10(2)20-9)8-11-3-4-13(17(18)19)12(5-11)15-14/h3-5,9-10,15H,6-8,14H2,1-2H3. The molecule has 1 aliphatic heterocycles. The highest BCUT2D eigenvalue weighted by Crippen LogP contribution is 2.28. The van der Waals surface area contributed by atoms with Crippen LogP contribution in [-0.4, -0.2) is 33.4 Å². The van der Waals surface area contributed by atoms with E-state index in [1.165, 1.54) is 6.07 Å². The van der Waals surface area contributed by atoms with Crippen LogP contribution < -0.4 is 11.3 Å². The summed E-state index contributed by atoms with van der Waals surface area (Å²) in [5, 5.41) is 12.1. The van der Waals surface area contributed by atoms with Gasteiger partial charge in [-0.2, -0.15) is 11.8 Å². The van der Waals surface area contributed by atoms with E-state index in [1.54, 1.807) is 12.1 Å². The molecule has 0 saturated carbocycles. The van der Waals surface area contributed by atoms with E-state index in [4.69, 9.17) is 5.84 Å². The van der Waals surface area contributed by atoms with Gasteiger partial charge in [0.1, 0.15) is 5.69 Å². The minimum atomic E-state index is -0.430. The number of hydrogen-bond donors (Lipinski definition) is 2. The Morgan fingerprint density at radius 2 is 2.10 bits per heavy atom. The van der Waals surface area contributed by atoms with E-state index in [9.17, 15) is 10.1 Å². The maximum Gasteiger partial charge on any atom is 0.293 e. The zero-order valence-corrected chi connectivity index (χ0v) is 12.5. The highest BCUT2D eigenvalue weighted by Gasteiger charge is 2.22. The molecule has 0 bridgehead atoms. The van der Waals surface area contributed by atoms with Crippen LogP contribution >= 0.6 is 11.8 Å². The van der Waals surface area contributed by atoms with Crippen molar-refractivity contribution in [1.82, 2.24) is 4.90 Å². The van der Waals surface area contributed by atoms with Gasteiger partial charge < -0.3 is 5.43 Å². The van der Waals surface area contributed by atoms with Crippen LogP contribution in [0.25, 0.3) is 0 Å². The van der Waals surface area contributed by atoms with Crippen molar-refractivity contribution < 1.29 is 4.92 Å². The third-order valence-electron chi connectivity index (χ3n) is 3.31. The summed E-state index contributed by atoms with van der Waals surface area (Å²) in [6.45, 7) is 7.34. The van der Waals surface area contributed by atoms with E-state index in [0.717, 1.165) is 25.2 Å². The molecule has 7 heteroatoms. The zero-order chi connectivity index (χ0) is 14.7. The van der Waals surface area contributed by atoms with Gasteiger partial charge >= 0.3 is 0 Å². The molecule has 0 aliphatic carbocycles. The van der Waals surface area contributed by atoms with E-state index in [1.807, 2.05) is 11.8 Å². The summed E-state index contributed by atoms with van der Waals surface area (Å²) in [4.78, 5) is 12.8. The lowest BCUT2D eigenvalue weighted by Crippen LogP contribution is -2.39. The Morgan fingerprint density at radius 1 is 1.45 bits per heavy atom. The fraction of sp³-hybridized carbons (Fsp3) is 0.538. The summed E-state index contributed by atoms with van der Waals surface area (Å²) in [5.41, 5.74) is 3.81. The molecule has 1 saturated heterocycles. The number of hydrazine groups is 1. The number of benzene rings is 1. The molecule has 0 radical (unpaired) electrons. The average molecular weight is 296 g/mol. The molecule has 1 aliphatic rings. The van der Waals surface area contributed by atoms with Crippen molar-refractivity contribution in [3.63, 3.8) is 0 Å². The van der Waals surface area contributed by atoms with Crippen molar-refractivity contribution >= 4 is 23.1 Å². The zero-order valence-electron chi connectivity index (χ0n) is 11.7. The van der Waals surface area contributed by atoms with Gasteiger partial charge in [-0.1, -0.05) is 19.9 Å². The third kappa shape index (κ3) is 3.62. The molecule has 0 aromatic heterocycles. The Morgan fingerprint density at radius 3 is 2.65 bits per heavy atom. The number of hydrogen-bond acceptors (Lipinski definition) is 6. The van der Waals surface area contributed by atoms with Crippen LogP contribution in [0.1, 0.15) is 19.4 Å².